The molecular weight excluding hydrogens is 144 g/mol. The molecule has 66 valence electrons. The molecule has 0 bridgehead atoms. The van der Waals surface area contributed by atoms with Gasteiger partial charge in [0.25, 0.3) is 0 Å². The van der Waals surface area contributed by atoms with Crippen LogP contribution in [0.1, 0.15) is 19.8 Å². The van der Waals surface area contributed by atoms with Crippen molar-refractivity contribution in [3.63, 3.8) is 0 Å². The third-order valence-corrected chi connectivity index (χ3v) is 1.61. The quantitative estimate of drug-likeness (QED) is 0.575. The normalized spacial score (nSPS) is 15.9. The average molecular weight is 160 g/mol. The fourth-order valence-corrected chi connectivity index (χ4v) is 0.912. The third-order valence-electron chi connectivity index (χ3n) is 1.61. The minimum atomic E-state index is -0.681. The highest BCUT2D eigenvalue weighted by molar-refractivity contribution is 5.80. The van der Waals surface area contributed by atoms with E-state index in [1.165, 1.54) is 7.11 Å². The lowest BCUT2D eigenvalue weighted by atomic mass is 10.1. The smallest absolute Gasteiger partial charge is 0.237 e. The lowest BCUT2D eigenvalue weighted by Crippen LogP contribution is -2.46. The topological polar surface area (TPSA) is 78.3 Å². The Morgan fingerprint density at radius 1 is 1.64 bits per heavy atom. The number of primary amides is 1. The molecule has 4 heteroatoms. The molecule has 0 spiro atoms. The van der Waals surface area contributed by atoms with Crippen LogP contribution in [0.4, 0.5) is 0 Å². The molecule has 0 aromatic rings. The third kappa shape index (κ3) is 3.34. The van der Waals surface area contributed by atoms with Crippen LogP contribution in [0.3, 0.4) is 0 Å². The summed E-state index contributed by atoms with van der Waals surface area (Å²) in [7, 11) is 1.53. The second kappa shape index (κ2) is 5.09. The van der Waals surface area contributed by atoms with E-state index in [9.17, 15) is 4.79 Å². The van der Waals surface area contributed by atoms with Crippen LogP contribution < -0.4 is 11.5 Å². The first-order valence-corrected chi connectivity index (χ1v) is 3.71. The second-order valence-corrected chi connectivity index (χ2v) is 2.49. The molecule has 0 aliphatic rings. The Bertz CT molecular complexity index is 128. The summed E-state index contributed by atoms with van der Waals surface area (Å²) in [6, 6.07) is -0.681. The summed E-state index contributed by atoms with van der Waals surface area (Å²) in [6.45, 7) is 2.00. The molecule has 11 heavy (non-hydrogen) atoms. The summed E-state index contributed by atoms with van der Waals surface area (Å²) in [6.07, 6.45) is 1.46. The lowest BCUT2D eigenvalue weighted by Gasteiger charge is -2.18. The van der Waals surface area contributed by atoms with Crippen LogP contribution in [0.5, 0.6) is 0 Å². The maximum atomic E-state index is 10.6. The van der Waals surface area contributed by atoms with Crippen molar-refractivity contribution in [1.29, 1.82) is 0 Å². The van der Waals surface area contributed by atoms with Gasteiger partial charge in [0, 0.05) is 7.11 Å². The van der Waals surface area contributed by atoms with E-state index in [1.54, 1.807) is 0 Å². The van der Waals surface area contributed by atoms with Gasteiger partial charge in [-0.05, 0) is 6.42 Å². The van der Waals surface area contributed by atoms with Crippen molar-refractivity contribution < 1.29 is 9.53 Å². The molecular formula is C7H16N2O2. The molecule has 0 aromatic carbocycles. The molecule has 0 fully saturated rings. The standard InChI is InChI=1S/C7H16N2O2/c1-3-4-5(11-2)6(8)7(9)10/h5-6H,3-4,8H2,1-2H3,(H2,9,10). The molecule has 0 saturated carbocycles. The zero-order valence-electron chi connectivity index (χ0n) is 7.04. The van der Waals surface area contributed by atoms with Crippen molar-refractivity contribution in [1.82, 2.24) is 0 Å². The molecule has 0 heterocycles. The minimum absolute atomic E-state index is 0.238. The van der Waals surface area contributed by atoms with Crippen molar-refractivity contribution >= 4 is 5.91 Å². The van der Waals surface area contributed by atoms with Gasteiger partial charge >= 0.3 is 0 Å². The zero-order valence-corrected chi connectivity index (χ0v) is 7.04. The van der Waals surface area contributed by atoms with Crippen LogP contribution in [-0.2, 0) is 9.53 Å². The summed E-state index contributed by atoms with van der Waals surface area (Å²) >= 11 is 0. The van der Waals surface area contributed by atoms with Crippen LogP contribution in [0, 0.1) is 0 Å². The van der Waals surface area contributed by atoms with E-state index in [4.69, 9.17) is 16.2 Å². The van der Waals surface area contributed by atoms with Gasteiger partial charge in [-0.3, -0.25) is 4.79 Å². The maximum Gasteiger partial charge on any atom is 0.237 e. The number of ether oxygens (including phenoxy) is 1. The minimum Gasteiger partial charge on any atom is -0.379 e. The number of carbonyl (C=O) groups is 1. The Morgan fingerprint density at radius 3 is 2.45 bits per heavy atom. The Morgan fingerprint density at radius 2 is 2.18 bits per heavy atom. The fourth-order valence-electron chi connectivity index (χ4n) is 0.912. The Balaban J connectivity index is 3.91. The molecule has 4 nitrogen and oxygen atoms in total. The highest BCUT2D eigenvalue weighted by Gasteiger charge is 2.20. The SMILES string of the molecule is CCCC(OC)C(N)C(N)=O. The summed E-state index contributed by atoms with van der Waals surface area (Å²) in [4.78, 5) is 10.6. The van der Waals surface area contributed by atoms with Crippen molar-refractivity contribution in [3.05, 3.63) is 0 Å². The predicted molar refractivity (Wildman–Crippen MR) is 42.9 cm³/mol. The zero-order chi connectivity index (χ0) is 8.85. The van der Waals surface area contributed by atoms with Crippen molar-refractivity contribution in [2.24, 2.45) is 11.5 Å². The van der Waals surface area contributed by atoms with Crippen LogP contribution in [0.25, 0.3) is 0 Å². The fraction of sp³-hybridized carbons (Fsp3) is 0.857. The molecule has 0 aromatic heterocycles. The van der Waals surface area contributed by atoms with Crippen LogP contribution in [-0.4, -0.2) is 25.2 Å². The number of carbonyl (C=O) groups excluding carboxylic acids is 1. The molecule has 0 rings (SSSR count). The van der Waals surface area contributed by atoms with Gasteiger partial charge in [0.1, 0.15) is 6.04 Å². The maximum absolute atomic E-state index is 10.6. The highest BCUT2D eigenvalue weighted by atomic mass is 16.5. The Hall–Kier alpha value is -0.610. The van der Waals surface area contributed by atoms with E-state index in [1.807, 2.05) is 6.92 Å². The Labute approximate surface area is 66.9 Å². The van der Waals surface area contributed by atoms with Gasteiger partial charge in [-0.25, -0.2) is 0 Å². The number of nitrogens with two attached hydrogens (primary N) is 2. The molecule has 0 saturated heterocycles. The predicted octanol–water partition coefficient (Wildman–Crippen LogP) is -0.386. The van der Waals surface area contributed by atoms with Gasteiger partial charge in [0.15, 0.2) is 0 Å². The Kier molecular flexibility index (Phi) is 4.81. The van der Waals surface area contributed by atoms with Crippen LogP contribution in [0.2, 0.25) is 0 Å². The van der Waals surface area contributed by atoms with E-state index in [0.717, 1.165) is 12.8 Å². The number of methoxy groups -OCH3 is 1. The van der Waals surface area contributed by atoms with Crippen molar-refractivity contribution in [2.75, 3.05) is 7.11 Å². The molecule has 0 aliphatic heterocycles. The van der Waals surface area contributed by atoms with Crippen molar-refractivity contribution in [3.8, 4) is 0 Å². The number of amides is 1. The van der Waals surface area contributed by atoms with Crippen LogP contribution in [0.15, 0.2) is 0 Å². The van der Waals surface area contributed by atoms with Crippen LogP contribution >= 0.6 is 0 Å². The largest absolute Gasteiger partial charge is 0.379 e. The number of rotatable bonds is 5. The van der Waals surface area contributed by atoms with Gasteiger partial charge < -0.3 is 16.2 Å². The van der Waals surface area contributed by atoms with Gasteiger partial charge in [-0.1, -0.05) is 13.3 Å². The first kappa shape index (κ1) is 10.4. The highest BCUT2D eigenvalue weighted by Crippen LogP contribution is 2.03. The summed E-state index contributed by atoms with van der Waals surface area (Å²) in [5.41, 5.74) is 10.5. The summed E-state index contributed by atoms with van der Waals surface area (Å²) in [5, 5.41) is 0. The average Bonchev–Trinajstić information content (AvgIpc) is 1.98. The van der Waals surface area contributed by atoms with E-state index in [0.29, 0.717) is 0 Å². The number of hydrogen-bond donors (Lipinski definition) is 2. The van der Waals surface area contributed by atoms with E-state index >= 15 is 0 Å². The number of hydrogen-bond acceptors (Lipinski definition) is 3. The van der Waals surface area contributed by atoms with E-state index in [-0.39, 0.29) is 6.10 Å². The van der Waals surface area contributed by atoms with Crippen molar-refractivity contribution in [2.45, 2.75) is 31.9 Å². The molecule has 0 aliphatic carbocycles. The first-order chi connectivity index (χ1) is 5.13. The molecule has 0 radical (unpaired) electrons. The van der Waals surface area contributed by atoms with Gasteiger partial charge in [0.05, 0.1) is 6.10 Å². The van der Waals surface area contributed by atoms with E-state index < -0.39 is 11.9 Å². The molecule has 4 N–H and O–H groups in total. The van der Waals surface area contributed by atoms with E-state index in [2.05, 4.69) is 0 Å². The summed E-state index contributed by atoms with van der Waals surface area (Å²) in [5.74, 6) is -0.509. The molecule has 2 unspecified atom stereocenters. The lowest BCUT2D eigenvalue weighted by molar-refractivity contribution is -0.122. The first-order valence-electron chi connectivity index (χ1n) is 3.71. The molecule has 1 amide bonds. The molecule has 2 atom stereocenters. The summed E-state index contributed by atoms with van der Waals surface area (Å²) < 4.78 is 4.99. The van der Waals surface area contributed by atoms with Gasteiger partial charge in [-0.2, -0.15) is 0 Å². The van der Waals surface area contributed by atoms with Gasteiger partial charge in [-0.15, -0.1) is 0 Å². The monoisotopic (exact) mass is 160 g/mol. The van der Waals surface area contributed by atoms with Gasteiger partial charge in [0.2, 0.25) is 5.91 Å². The second-order valence-electron chi connectivity index (χ2n) is 2.49.